The third-order valence-electron chi connectivity index (χ3n) is 3.01. The topological polar surface area (TPSA) is 67.4 Å². The van der Waals surface area contributed by atoms with E-state index in [1.165, 1.54) is 13.2 Å². The summed E-state index contributed by atoms with van der Waals surface area (Å²) in [5.41, 5.74) is 2.09. The van der Waals surface area contributed by atoms with Gasteiger partial charge in [-0.15, -0.1) is 0 Å². The first-order valence-electron chi connectivity index (χ1n) is 7.21. The predicted molar refractivity (Wildman–Crippen MR) is 98.8 cm³/mol. The summed E-state index contributed by atoms with van der Waals surface area (Å²) in [6.07, 6.45) is 3.18. The number of methoxy groups -OCH3 is 1. The highest BCUT2D eigenvalue weighted by Gasteiger charge is 2.03. The summed E-state index contributed by atoms with van der Waals surface area (Å²) in [6.45, 7) is -0.0225. The van der Waals surface area contributed by atoms with Gasteiger partial charge in [0.1, 0.15) is 6.61 Å². The van der Waals surface area contributed by atoms with Gasteiger partial charge in [-0.2, -0.15) is 0 Å². The standard InChI is InChI=1S/C18H17BrN2O3/c1-24-12-18(23)21-15-7-4-6-14(11-15)20-17(22)10-9-13-5-2-3-8-16(13)19/h2-11H,12H2,1H3,(H,20,22)(H,21,23)/b10-9+. The quantitative estimate of drug-likeness (QED) is 0.741. The Bertz CT molecular complexity index is 759. The highest BCUT2D eigenvalue weighted by atomic mass is 79.9. The van der Waals surface area contributed by atoms with E-state index >= 15 is 0 Å². The van der Waals surface area contributed by atoms with Crippen LogP contribution in [0.25, 0.3) is 6.08 Å². The first-order chi connectivity index (χ1) is 11.6. The number of carbonyl (C=O) groups excluding carboxylic acids is 2. The van der Waals surface area contributed by atoms with Gasteiger partial charge in [-0.1, -0.05) is 40.2 Å². The Morgan fingerprint density at radius 2 is 1.79 bits per heavy atom. The number of carbonyl (C=O) groups is 2. The zero-order chi connectivity index (χ0) is 17.4. The van der Waals surface area contributed by atoms with E-state index in [4.69, 9.17) is 4.74 Å². The van der Waals surface area contributed by atoms with Gasteiger partial charge >= 0.3 is 0 Å². The molecule has 2 aromatic rings. The van der Waals surface area contributed by atoms with Crippen molar-refractivity contribution < 1.29 is 14.3 Å². The molecule has 0 spiro atoms. The molecule has 2 amide bonds. The predicted octanol–water partition coefficient (Wildman–Crippen LogP) is 3.69. The van der Waals surface area contributed by atoms with E-state index < -0.39 is 0 Å². The van der Waals surface area contributed by atoms with Crippen molar-refractivity contribution in [2.24, 2.45) is 0 Å². The van der Waals surface area contributed by atoms with E-state index in [1.54, 1.807) is 30.3 Å². The van der Waals surface area contributed by atoms with Crippen LogP contribution in [0.2, 0.25) is 0 Å². The van der Waals surface area contributed by atoms with Crippen molar-refractivity contribution in [3.8, 4) is 0 Å². The van der Waals surface area contributed by atoms with Crippen LogP contribution in [0, 0.1) is 0 Å². The molecular formula is C18H17BrN2O3. The molecule has 0 atom stereocenters. The molecule has 0 saturated carbocycles. The van der Waals surface area contributed by atoms with Crippen molar-refractivity contribution in [3.63, 3.8) is 0 Å². The smallest absolute Gasteiger partial charge is 0.250 e. The van der Waals surface area contributed by atoms with Crippen molar-refractivity contribution in [1.82, 2.24) is 0 Å². The van der Waals surface area contributed by atoms with Crippen molar-refractivity contribution >= 4 is 45.2 Å². The largest absolute Gasteiger partial charge is 0.375 e. The Hall–Kier alpha value is -2.44. The lowest BCUT2D eigenvalue weighted by molar-refractivity contribution is -0.119. The van der Waals surface area contributed by atoms with Gasteiger partial charge in [0.25, 0.3) is 0 Å². The van der Waals surface area contributed by atoms with Crippen LogP contribution in [0.4, 0.5) is 11.4 Å². The maximum Gasteiger partial charge on any atom is 0.250 e. The Morgan fingerprint density at radius 3 is 2.50 bits per heavy atom. The van der Waals surface area contributed by atoms with Gasteiger partial charge in [0, 0.05) is 29.0 Å². The molecule has 0 unspecified atom stereocenters. The maximum absolute atomic E-state index is 12.0. The Labute approximate surface area is 148 Å². The van der Waals surface area contributed by atoms with Gasteiger partial charge in [-0.25, -0.2) is 0 Å². The summed E-state index contributed by atoms with van der Waals surface area (Å²) in [7, 11) is 1.45. The molecule has 5 nitrogen and oxygen atoms in total. The Kier molecular flexibility index (Phi) is 6.72. The lowest BCUT2D eigenvalue weighted by atomic mass is 10.2. The highest BCUT2D eigenvalue weighted by molar-refractivity contribution is 9.10. The number of hydrogen-bond acceptors (Lipinski definition) is 3. The molecule has 2 rings (SSSR count). The summed E-state index contributed by atoms with van der Waals surface area (Å²) < 4.78 is 5.67. The minimum absolute atomic E-state index is 0.0225. The summed E-state index contributed by atoms with van der Waals surface area (Å²) in [4.78, 5) is 23.5. The van der Waals surface area contributed by atoms with Crippen LogP contribution in [-0.2, 0) is 14.3 Å². The molecule has 0 aliphatic carbocycles. The molecule has 124 valence electrons. The van der Waals surface area contributed by atoms with Gasteiger partial charge in [-0.05, 0) is 35.9 Å². The Balaban J connectivity index is 1.99. The lowest BCUT2D eigenvalue weighted by Gasteiger charge is -2.07. The molecule has 0 heterocycles. The molecule has 0 fully saturated rings. The number of benzene rings is 2. The average molecular weight is 389 g/mol. The number of anilines is 2. The first-order valence-corrected chi connectivity index (χ1v) is 8.00. The molecular weight excluding hydrogens is 372 g/mol. The molecule has 2 aromatic carbocycles. The van der Waals surface area contributed by atoms with E-state index in [0.717, 1.165) is 10.0 Å². The number of ether oxygens (including phenoxy) is 1. The second kappa shape index (κ2) is 9.00. The number of amides is 2. The first kappa shape index (κ1) is 17.9. The highest BCUT2D eigenvalue weighted by Crippen LogP contribution is 2.18. The molecule has 0 aliphatic heterocycles. The number of halogens is 1. The zero-order valence-electron chi connectivity index (χ0n) is 13.1. The minimum atomic E-state index is -0.258. The number of rotatable bonds is 6. The van der Waals surface area contributed by atoms with E-state index in [-0.39, 0.29) is 18.4 Å². The summed E-state index contributed by atoms with van der Waals surface area (Å²) in [5.74, 6) is -0.513. The third-order valence-corrected chi connectivity index (χ3v) is 3.73. The SMILES string of the molecule is COCC(=O)Nc1cccc(NC(=O)/C=C/c2ccccc2Br)c1. The van der Waals surface area contributed by atoms with Crippen LogP contribution >= 0.6 is 15.9 Å². The van der Waals surface area contributed by atoms with Crippen molar-refractivity contribution in [1.29, 1.82) is 0 Å². The average Bonchev–Trinajstić information content (AvgIpc) is 2.54. The monoisotopic (exact) mass is 388 g/mol. The van der Waals surface area contributed by atoms with Gasteiger partial charge < -0.3 is 15.4 Å². The van der Waals surface area contributed by atoms with Crippen molar-refractivity contribution in [3.05, 3.63) is 64.6 Å². The lowest BCUT2D eigenvalue weighted by Crippen LogP contribution is -2.17. The van der Waals surface area contributed by atoms with Crippen LogP contribution < -0.4 is 10.6 Å². The van der Waals surface area contributed by atoms with Crippen LogP contribution in [0.3, 0.4) is 0 Å². The van der Waals surface area contributed by atoms with Crippen LogP contribution in [0.5, 0.6) is 0 Å². The summed E-state index contributed by atoms with van der Waals surface area (Å²) in [5, 5.41) is 5.44. The van der Waals surface area contributed by atoms with Gasteiger partial charge in [-0.3, -0.25) is 9.59 Å². The number of nitrogens with one attached hydrogen (secondary N) is 2. The van der Waals surface area contributed by atoms with Gasteiger partial charge in [0.05, 0.1) is 0 Å². The van der Waals surface area contributed by atoms with Crippen LogP contribution in [0.1, 0.15) is 5.56 Å². The van der Waals surface area contributed by atoms with E-state index in [0.29, 0.717) is 11.4 Å². The summed E-state index contributed by atoms with van der Waals surface area (Å²) >= 11 is 3.42. The molecule has 0 radical (unpaired) electrons. The molecule has 0 bridgehead atoms. The maximum atomic E-state index is 12.0. The van der Waals surface area contributed by atoms with E-state index in [2.05, 4.69) is 26.6 Å². The molecule has 0 aliphatic rings. The van der Waals surface area contributed by atoms with Gasteiger partial charge in [0.15, 0.2) is 0 Å². The number of hydrogen-bond donors (Lipinski definition) is 2. The van der Waals surface area contributed by atoms with Crippen molar-refractivity contribution in [2.75, 3.05) is 24.4 Å². The minimum Gasteiger partial charge on any atom is -0.375 e. The Morgan fingerprint density at radius 1 is 1.08 bits per heavy atom. The van der Waals surface area contributed by atoms with Gasteiger partial charge in [0.2, 0.25) is 11.8 Å². The molecule has 0 saturated heterocycles. The fourth-order valence-electron chi connectivity index (χ4n) is 1.96. The third kappa shape index (κ3) is 5.64. The zero-order valence-corrected chi connectivity index (χ0v) is 14.7. The normalized spacial score (nSPS) is 10.6. The van der Waals surface area contributed by atoms with Crippen LogP contribution in [0.15, 0.2) is 59.1 Å². The molecule has 6 heteroatoms. The second-order valence-electron chi connectivity index (χ2n) is 4.91. The molecule has 0 aromatic heterocycles. The van der Waals surface area contributed by atoms with Crippen molar-refractivity contribution in [2.45, 2.75) is 0 Å². The fraction of sp³-hybridized carbons (Fsp3) is 0.111. The summed E-state index contributed by atoms with van der Waals surface area (Å²) in [6, 6.07) is 14.5. The molecule has 2 N–H and O–H groups in total. The second-order valence-corrected chi connectivity index (χ2v) is 5.76. The van der Waals surface area contributed by atoms with E-state index in [9.17, 15) is 9.59 Å². The molecule has 24 heavy (non-hydrogen) atoms. The van der Waals surface area contributed by atoms with E-state index in [1.807, 2.05) is 24.3 Å². The van der Waals surface area contributed by atoms with Crippen LogP contribution in [-0.4, -0.2) is 25.5 Å². The fourth-order valence-corrected chi connectivity index (χ4v) is 2.38.